The molecule has 0 fully saturated rings. The minimum absolute atomic E-state index is 0.138. The van der Waals surface area contributed by atoms with Crippen LogP contribution in [-0.2, 0) is 0 Å². The van der Waals surface area contributed by atoms with E-state index in [0.717, 1.165) is 16.4 Å². The monoisotopic (exact) mass is 328 g/mol. The maximum absolute atomic E-state index is 12.0. The first-order chi connectivity index (χ1) is 11.1. The van der Waals surface area contributed by atoms with Crippen LogP contribution in [0.1, 0.15) is 23.7 Å². The molecule has 0 aliphatic rings. The van der Waals surface area contributed by atoms with Crippen molar-refractivity contribution in [1.29, 1.82) is 0 Å². The average molecular weight is 328 g/mol. The lowest BCUT2D eigenvalue weighted by Gasteiger charge is -2.12. The quantitative estimate of drug-likeness (QED) is 0.771. The van der Waals surface area contributed by atoms with E-state index in [2.05, 4.69) is 25.8 Å². The lowest BCUT2D eigenvalue weighted by Crippen LogP contribution is -2.31. The van der Waals surface area contributed by atoms with Crippen molar-refractivity contribution < 1.29 is 4.79 Å². The third-order valence-electron chi connectivity index (χ3n) is 3.13. The Kier molecular flexibility index (Phi) is 4.33. The summed E-state index contributed by atoms with van der Waals surface area (Å²) in [5, 5.41) is 16.6. The lowest BCUT2D eigenvalue weighted by molar-refractivity contribution is 0.249. The predicted octanol–water partition coefficient (Wildman–Crippen LogP) is 2.91. The van der Waals surface area contributed by atoms with E-state index in [4.69, 9.17) is 0 Å². The molecule has 1 unspecified atom stereocenters. The van der Waals surface area contributed by atoms with Gasteiger partial charge in [0.2, 0.25) is 0 Å². The Morgan fingerprint density at radius 1 is 1.22 bits per heavy atom. The van der Waals surface area contributed by atoms with E-state index >= 15 is 0 Å². The first-order valence-corrected chi connectivity index (χ1v) is 7.96. The molecule has 0 aliphatic carbocycles. The second-order valence-corrected chi connectivity index (χ2v) is 5.90. The maximum atomic E-state index is 12.0. The summed E-state index contributed by atoms with van der Waals surface area (Å²) in [6.07, 6.45) is 3.22. The Bertz CT molecular complexity index is 781. The number of hydrogen-bond acceptors (Lipinski definition) is 5. The van der Waals surface area contributed by atoms with Crippen LogP contribution in [-0.4, -0.2) is 26.0 Å². The molecule has 2 N–H and O–H groups in total. The molecular formula is C15H16N6OS. The van der Waals surface area contributed by atoms with E-state index in [0.29, 0.717) is 5.69 Å². The van der Waals surface area contributed by atoms with Crippen LogP contribution in [0.25, 0.3) is 5.69 Å². The van der Waals surface area contributed by atoms with Crippen molar-refractivity contribution in [2.45, 2.75) is 19.9 Å². The van der Waals surface area contributed by atoms with Gasteiger partial charge in [-0.05, 0) is 38.1 Å². The van der Waals surface area contributed by atoms with Crippen LogP contribution in [0.15, 0.2) is 42.0 Å². The number of benzene rings is 1. The molecule has 2 amide bonds. The fourth-order valence-electron chi connectivity index (χ4n) is 2.02. The van der Waals surface area contributed by atoms with E-state index in [1.807, 2.05) is 31.4 Å². The van der Waals surface area contributed by atoms with Crippen molar-refractivity contribution in [1.82, 2.24) is 25.3 Å². The molecule has 3 aromatic rings. The van der Waals surface area contributed by atoms with Crippen molar-refractivity contribution in [3.8, 4) is 5.69 Å². The van der Waals surface area contributed by atoms with Gasteiger partial charge in [0.25, 0.3) is 0 Å². The molecule has 0 spiro atoms. The largest absolute Gasteiger partial charge is 0.329 e. The number of carbonyl (C=O) groups excluding carboxylic acids is 1. The zero-order valence-electron chi connectivity index (χ0n) is 12.7. The zero-order valence-corrected chi connectivity index (χ0v) is 13.5. The highest BCUT2D eigenvalue weighted by Gasteiger charge is 2.12. The zero-order chi connectivity index (χ0) is 16.2. The van der Waals surface area contributed by atoms with Crippen molar-refractivity contribution in [3.05, 3.63) is 52.7 Å². The molecule has 23 heavy (non-hydrogen) atoms. The van der Waals surface area contributed by atoms with Gasteiger partial charge in [0.05, 0.1) is 24.1 Å². The van der Waals surface area contributed by atoms with Gasteiger partial charge in [0.1, 0.15) is 5.01 Å². The van der Waals surface area contributed by atoms with Crippen LogP contribution in [0.4, 0.5) is 10.5 Å². The van der Waals surface area contributed by atoms with Gasteiger partial charge in [-0.25, -0.2) is 9.78 Å². The highest BCUT2D eigenvalue weighted by atomic mass is 32.1. The van der Waals surface area contributed by atoms with Gasteiger partial charge in [-0.15, -0.1) is 11.3 Å². The topological polar surface area (TPSA) is 84.7 Å². The third-order valence-corrected chi connectivity index (χ3v) is 4.27. The molecule has 2 aromatic heterocycles. The van der Waals surface area contributed by atoms with E-state index in [9.17, 15) is 4.79 Å². The summed E-state index contributed by atoms with van der Waals surface area (Å²) >= 11 is 1.54. The van der Waals surface area contributed by atoms with Crippen LogP contribution in [0, 0.1) is 6.92 Å². The van der Waals surface area contributed by atoms with E-state index in [1.54, 1.807) is 24.5 Å². The van der Waals surface area contributed by atoms with Crippen LogP contribution in [0.5, 0.6) is 0 Å². The number of aromatic nitrogens is 4. The number of anilines is 1. The second-order valence-electron chi connectivity index (χ2n) is 5.01. The number of carbonyl (C=O) groups is 1. The first-order valence-electron chi connectivity index (χ1n) is 7.08. The van der Waals surface area contributed by atoms with Crippen LogP contribution >= 0.6 is 11.3 Å². The van der Waals surface area contributed by atoms with Crippen molar-refractivity contribution in [3.63, 3.8) is 0 Å². The summed E-state index contributed by atoms with van der Waals surface area (Å²) in [4.78, 5) is 17.9. The summed E-state index contributed by atoms with van der Waals surface area (Å²) in [6.45, 7) is 3.84. The molecule has 3 rings (SSSR count). The van der Waals surface area contributed by atoms with Crippen molar-refractivity contribution in [2.24, 2.45) is 0 Å². The van der Waals surface area contributed by atoms with Gasteiger partial charge in [-0.2, -0.15) is 15.0 Å². The summed E-state index contributed by atoms with van der Waals surface area (Å²) in [7, 11) is 0. The van der Waals surface area contributed by atoms with Gasteiger partial charge in [-0.3, -0.25) is 0 Å². The number of rotatable bonds is 4. The van der Waals surface area contributed by atoms with E-state index < -0.39 is 0 Å². The standard InChI is InChI=1S/C15H16N6OS/c1-10-9-23-14(18-10)11(2)19-15(22)20-12-3-5-13(6-4-12)21-16-7-8-17-21/h3-9,11H,1-2H3,(H2,19,20,22). The Balaban J connectivity index is 1.59. The normalized spacial score (nSPS) is 11.9. The van der Waals surface area contributed by atoms with Crippen LogP contribution in [0.3, 0.4) is 0 Å². The SMILES string of the molecule is Cc1csc(C(C)NC(=O)Nc2ccc(-n3nccn3)cc2)n1. The Morgan fingerprint density at radius 3 is 2.52 bits per heavy atom. The molecule has 8 heteroatoms. The predicted molar refractivity (Wildman–Crippen MR) is 88.8 cm³/mol. The summed E-state index contributed by atoms with van der Waals surface area (Å²) < 4.78 is 0. The molecule has 0 saturated heterocycles. The molecule has 1 aromatic carbocycles. The second kappa shape index (κ2) is 6.57. The molecule has 0 saturated carbocycles. The minimum Gasteiger partial charge on any atom is -0.329 e. The molecule has 7 nitrogen and oxygen atoms in total. The van der Waals surface area contributed by atoms with E-state index in [1.165, 1.54) is 16.1 Å². The Morgan fingerprint density at radius 2 is 1.91 bits per heavy atom. The summed E-state index contributed by atoms with van der Waals surface area (Å²) in [6, 6.07) is 6.87. The molecule has 0 radical (unpaired) electrons. The van der Waals surface area contributed by atoms with Gasteiger partial charge in [0, 0.05) is 16.8 Å². The van der Waals surface area contributed by atoms with Gasteiger partial charge in [0.15, 0.2) is 0 Å². The van der Waals surface area contributed by atoms with E-state index in [-0.39, 0.29) is 12.1 Å². The van der Waals surface area contributed by atoms with Gasteiger partial charge < -0.3 is 10.6 Å². The van der Waals surface area contributed by atoms with Crippen molar-refractivity contribution >= 4 is 23.1 Å². The van der Waals surface area contributed by atoms with Gasteiger partial charge in [-0.1, -0.05) is 0 Å². The average Bonchev–Trinajstić information content (AvgIpc) is 3.19. The molecule has 1 atom stereocenters. The number of thiazole rings is 1. The highest BCUT2D eigenvalue weighted by Crippen LogP contribution is 2.18. The number of aryl methyl sites for hydroxylation is 1. The minimum atomic E-state index is -0.268. The molecular weight excluding hydrogens is 312 g/mol. The number of nitrogens with zero attached hydrogens (tertiary/aromatic N) is 4. The first kappa shape index (κ1) is 15.2. The smallest absolute Gasteiger partial charge is 0.319 e. The number of amides is 2. The maximum Gasteiger partial charge on any atom is 0.319 e. The fourth-order valence-corrected chi connectivity index (χ4v) is 2.83. The summed E-state index contributed by atoms with van der Waals surface area (Å²) in [5.41, 5.74) is 2.48. The van der Waals surface area contributed by atoms with Crippen LogP contribution in [0.2, 0.25) is 0 Å². The number of hydrogen-bond donors (Lipinski definition) is 2. The summed E-state index contributed by atoms with van der Waals surface area (Å²) in [5.74, 6) is 0. The molecule has 0 bridgehead atoms. The fraction of sp³-hybridized carbons (Fsp3) is 0.200. The van der Waals surface area contributed by atoms with Crippen LogP contribution < -0.4 is 10.6 Å². The Labute approximate surface area is 137 Å². The number of nitrogens with one attached hydrogen (secondary N) is 2. The molecule has 2 heterocycles. The van der Waals surface area contributed by atoms with Gasteiger partial charge >= 0.3 is 6.03 Å². The number of urea groups is 1. The molecule has 0 aliphatic heterocycles. The highest BCUT2D eigenvalue weighted by molar-refractivity contribution is 7.09. The lowest BCUT2D eigenvalue weighted by atomic mass is 10.3. The third kappa shape index (κ3) is 3.72. The Hall–Kier alpha value is -2.74. The molecule has 118 valence electrons. The van der Waals surface area contributed by atoms with Crippen molar-refractivity contribution in [2.75, 3.05) is 5.32 Å².